The Labute approximate surface area is 177 Å². The number of hydrogen-bond donors (Lipinski definition) is 0. The van der Waals surface area contributed by atoms with E-state index in [1.165, 1.54) is 18.4 Å². The molecule has 3 amide bonds. The van der Waals surface area contributed by atoms with Gasteiger partial charge in [0.1, 0.15) is 5.75 Å². The molecular formula is C23H30N2O5. The minimum atomic E-state index is -1.23. The van der Waals surface area contributed by atoms with Gasteiger partial charge in [-0.05, 0) is 31.2 Å². The molecular weight excluding hydrogens is 384 g/mol. The first-order chi connectivity index (χ1) is 14.5. The molecule has 2 saturated heterocycles. The Balaban J connectivity index is 1.69. The number of methoxy groups -OCH3 is 2. The minimum absolute atomic E-state index is 0.00928. The number of nitrogens with zero attached hydrogens (tertiary/aromatic N) is 2. The van der Waals surface area contributed by atoms with Crippen LogP contribution in [-0.4, -0.2) is 67.5 Å². The molecule has 0 unspecified atom stereocenters. The molecule has 2 bridgehead atoms. The maximum atomic E-state index is 13.6. The van der Waals surface area contributed by atoms with Crippen molar-refractivity contribution in [1.29, 1.82) is 0 Å². The summed E-state index contributed by atoms with van der Waals surface area (Å²) in [6.45, 7) is 1.22. The zero-order valence-corrected chi connectivity index (χ0v) is 17.8. The van der Waals surface area contributed by atoms with Crippen molar-refractivity contribution in [2.24, 2.45) is 5.92 Å². The lowest BCUT2D eigenvalue weighted by molar-refractivity contribution is -0.143. The molecule has 7 nitrogen and oxygen atoms in total. The standard InChI is InChI=1S/C23H30N2O5/c1-29-11-10-24-20(26)13-23(22(24)28,18-8-3-4-9-19(18)30-2)14-21(27)25-15-16-6-5-7-17(25)12-16/h3-4,8-9,16-17H,5-7,10-15H2,1-2H3/t16-,17-,23+/m0/s1. The summed E-state index contributed by atoms with van der Waals surface area (Å²) in [6, 6.07) is 7.50. The van der Waals surface area contributed by atoms with Crippen LogP contribution in [0.3, 0.4) is 0 Å². The zero-order chi connectivity index (χ0) is 21.3. The molecule has 7 heteroatoms. The Morgan fingerprint density at radius 1 is 1.20 bits per heavy atom. The summed E-state index contributed by atoms with van der Waals surface area (Å²) < 4.78 is 10.6. The van der Waals surface area contributed by atoms with Crippen molar-refractivity contribution in [3.8, 4) is 5.75 Å². The van der Waals surface area contributed by atoms with Crippen molar-refractivity contribution in [1.82, 2.24) is 9.80 Å². The van der Waals surface area contributed by atoms with Crippen LogP contribution in [0.2, 0.25) is 0 Å². The zero-order valence-electron chi connectivity index (χ0n) is 17.8. The number of carbonyl (C=O) groups is 3. The summed E-state index contributed by atoms with van der Waals surface area (Å²) in [4.78, 5) is 43.1. The summed E-state index contributed by atoms with van der Waals surface area (Å²) in [5.41, 5.74) is -0.619. The molecule has 1 saturated carbocycles. The lowest BCUT2D eigenvalue weighted by Gasteiger charge is -2.32. The molecule has 0 spiro atoms. The van der Waals surface area contributed by atoms with Gasteiger partial charge in [0, 0.05) is 38.1 Å². The fourth-order valence-electron chi connectivity index (χ4n) is 5.50. The molecule has 2 aliphatic heterocycles. The van der Waals surface area contributed by atoms with E-state index < -0.39 is 5.41 Å². The predicted molar refractivity (Wildman–Crippen MR) is 110 cm³/mol. The molecule has 1 aliphatic carbocycles. The van der Waals surface area contributed by atoms with Crippen molar-refractivity contribution in [3.63, 3.8) is 0 Å². The fraction of sp³-hybridized carbons (Fsp3) is 0.609. The minimum Gasteiger partial charge on any atom is -0.496 e. The molecule has 162 valence electrons. The number of rotatable bonds is 7. The maximum Gasteiger partial charge on any atom is 0.241 e. The second-order valence-electron chi connectivity index (χ2n) is 8.71. The number of ether oxygens (including phenoxy) is 2. The summed E-state index contributed by atoms with van der Waals surface area (Å²) in [7, 11) is 3.08. The van der Waals surface area contributed by atoms with E-state index in [0.29, 0.717) is 17.2 Å². The van der Waals surface area contributed by atoms with Gasteiger partial charge in [-0.1, -0.05) is 24.6 Å². The molecule has 3 aliphatic rings. The molecule has 1 aromatic carbocycles. The number of para-hydroxylation sites is 1. The van der Waals surface area contributed by atoms with Gasteiger partial charge in [-0.3, -0.25) is 19.3 Å². The van der Waals surface area contributed by atoms with Gasteiger partial charge < -0.3 is 14.4 Å². The molecule has 1 aromatic rings. The van der Waals surface area contributed by atoms with Crippen LogP contribution in [0.15, 0.2) is 24.3 Å². The van der Waals surface area contributed by atoms with Gasteiger partial charge in [-0.15, -0.1) is 0 Å². The van der Waals surface area contributed by atoms with Crippen molar-refractivity contribution in [2.75, 3.05) is 33.9 Å². The monoisotopic (exact) mass is 414 g/mol. The summed E-state index contributed by atoms with van der Waals surface area (Å²) in [6.07, 6.45) is 4.37. The normalized spacial score (nSPS) is 28.3. The molecule has 3 atom stereocenters. The van der Waals surface area contributed by atoms with Crippen LogP contribution in [0.25, 0.3) is 0 Å². The van der Waals surface area contributed by atoms with E-state index in [0.717, 1.165) is 25.8 Å². The quantitative estimate of drug-likeness (QED) is 0.639. The van der Waals surface area contributed by atoms with Crippen LogP contribution in [0, 0.1) is 5.92 Å². The average Bonchev–Trinajstić information content (AvgIpc) is 3.18. The third-order valence-corrected chi connectivity index (χ3v) is 6.97. The van der Waals surface area contributed by atoms with Crippen molar-refractivity contribution in [2.45, 2.75) is 50.0 Å². The van der Waals surface area contributed by atoms with E-state index in [9.17, 15) is 14.4 Å². The van der Waals surface area contributed by atoms with Crippen molar-refractivity contribution >= 4 is 17.7 Å². The number of fused-ring (bicyclic) bond motifs is 2. The Kier molecular flexibility index (Phi) is 5.82. The van der Waals surface area contributed by atoms with E-state index >= 15 is 0 Å². The van der Waals surface area contributed by atoms with Crippen LogP contribution in [-0.2, 0) is 24.5 Å². The van der Waals surface area contributed by atoms with Gasteiger partial charge in [-0.2, -0.15) is 0 Å². The number of imide groups is 1. The second kappa shape index (κ2) is 8.38. The average molecular weight is 415 g/mol. The number of benzene rings is 1. The van der Waals surface area contributed by atoms with Crippen LogP contribution in [0.4, 0.5) is 0 Å². The largest absolute Gasteiger partial charge is 0.496 e. The highest BCUT2D eigenvalue weighted by Crippen LogP contribution is 2.45. The smallest absolute Gasteiger partial charge is 0.241 e. The SMILES string of the molecule is COCCN1C(=O)C[C@@](CC(=O)N2C[C@H]3CCC[C@H]2C3)(c2ccccc2OC)C1=O. The third-order valence-electron chi connectivity index (χ3n) is 6.97. The highest BCUT2D eigenvalue weighted by molar-refractivity contribution is 6.11. The summed E-state index contributed by atoms with van der Waals surface area (Å²) in [5, 5.41) is 0. The molecule has 4 rings (SSSR count). The highest BCUT2D eigenvalue weighted by atomic mass is 16.5. The second-order valence-corrected chi connectivity index (χ2v) is 8.71. The summed E-state index contributed by atoms with van der Waals surface area (Å²) in [5.74, 6) is 0.458. The number of hydrogen-bond acceptors (Lipinski definition) is 5. The van der Waals surface area contributed by atoms with E-state index in [2.05, 4.69) is 0 Å². The fourth-order valence-corrected chi connectivity index (χ4v) is 5.50. The molecule has 0 N–H and O–H groups in total. The predicted octanol–water partition coefficient (Wildman–Crippen LogP) is 2.13. The first-order valence-electron chi connectivity index (χ1n) is 10.8. The first kappa shape index (κ1) is 20.8. The van der Waals surface area contributed by atoms with Gasteiger partial charge in [0.2, 0.25) is 17.7 Å². The van der Waals surface area contributed by atoms with Gasteiger partial charge in [-0.25, -0.2) is 0 Å². The Hall–Kier alpha value is -2.41. The number of amides is 3. The lowest BCUT2D eigenvalue weighted by Crippen LogP contribution is -2.45. The van der Waals surface area contributed by atoms with Crippen LogP contribution >= 0.6 is 0 Å². The van der Waals surface area contributed by atoms with Crippen LogP contribution < -0.4 is 4.74 Å². The van der Waals surface area contributed by atoms with Crippen LogP contribution in [0.5, 0.6) is 5.75 Å². The van der Waals surface area contributed by atoms with Crippen molar-refractivity contribution < 1.29 is 23.9 Å². The molecule has 2 heterocycles. The maximum absolute atomic E-state index is 13.6. The molecule has 0 radical (unpaired) electrons. The van der Waals surface area contributed by atoms with Gasteiger partial charge >= 0.3 is 0 Å². The Morgan fingerprint density at radius 2 is 2.00 bits per heavy atom. The number of likely N-dealkylation sites (tertiary alicyclic amines) is 2. The Bertz CT molecular complexity index is 841. The Morgan fingerprint density at radius 3 is 2.73 bits per heavy atom. The first-order valence-corrected chi connectivity index (χ1v) is 10.8. The number of carbonyl (C=O) groups excluding carboxylic acids is 3. The summed E-state index contributed by atoms with van der Waals surface area (Å²) >= 11 is 0. The van der Waals surface area contributed by atoms with E-state index in [-0.39, 0.29) is 49.8 Å². The van der Waals surface area contributed by atoms with Gasteiger partial charge in [0.15, 0.2) is 0 Å². The van der Waals surface area contributed by atoms with E-state index in [1.807, 2.05) is 17.0 Å². The van der Waals surface area contributed by atoms with E-state index in [4.69, 9.17) is 9.47 Å². The third kappa shape index (κ3) is 3.49. The molecule has 0 aromatic heterocycles. The molecule has 3 fully saturated rings. The lowest BCUT2D eigenvalue weighted by atomic mass is 9.75. The van der Waals surface area contributed by atoms with Gasteiger partial charge in [0.25, 0.3) is 0 Å². The topological polar surface area (TPSA) is 76.2 Å². The molecule has 30 heavy (non-hydrogen) atoms. The van der Waals surface area contributed by atoms with Crippen LogP contribution in [0.1, 0.15) is 44.1 Å². The highest BCUT2D eigenvalue weighted by Gasteiger charge is 2.55. The van der Waals surface area contributed by atoms with Gasteiger partial charge in [0.05, 0.1) is 25.7 Å². The van der Waals surface area contributed by atoms with E-state index in [1.54, 1.807) is 19.2 Å². The van der Waals surface area contributed by atoms with Crippen molar-refractivity contribution in [3.05, 3.63) is 29.8 Å².